The average Bonchev–Trinajstić information content (AvgIpc) is 1.57. The Balaban J connectivity index is 0.404. The molecular formula is C97H146N6O15Si2. The Morgan fingerprint density at radius 2 is 0.625 bits per heavy atom. The van der Waals surface area contributed by atoms with Gasteiger partial charge in [0.05, 0.1) is 77.7 Å². The minimum absolute atomic E-state index is 0.0192. The Hall–Kier alpha value is -4.85. The van der Waals surface area contributed by atoms with Crippen LogP contribution in [0.4, 0.5) is 0 Å². The Labute approximate surface area is 717 Å². The smallest absolute Gasteiger partial charge is 0.233 e. The van der Waals surface area contributed by atoms with Crippen molar-refractivity contribution in [1.82, 2.24) is 29.4 Å². The number of hydrogen-bond acceptors (Lipinski definition) is 15. The van der Waals surface area contributed by atoms with Gasteiger partial charge < -0.3 is 13.6 Å². The molecule has 21 nitrogen and oxygen atoms in total. The molecule has 23 heteroatoms. The molecule has 0 aromatic rings. The third-order valence-corrected chi connectivity index (χ3v) is 44.5. The van der Waals surface area contributed by atoms with Gasteiger partial charge in [0.2, 0.25) is 70.9 Å². The van der Waals surface area contributed by atoms with Crippen LogP contribution in [0.3, 0.4) is 0 Å². The molecule has 18 fully saturated rings. The number of fused-ring (bicyclic) bond motifs is 9. The van der Waals surface area contributed by atoms with Crippen molar-refractivity contribution in [2.45, 2.75) is 389 Å². The zero-order valence-corrected chi connectivity index (χ0v) is 75.8. The number of imide groups is 6. The van der Waals surface area contributed by atoms with Crippen LogP contribution in [-0.2, 0) is 71.1 Å². The number of hydrogen-bond donors (Lipinski definition) is 0. The lowest BCUT2D eigenvalue weighted by Crippen LogP contribution is -2.48. The predicted molar refractivity (Wildman–Crippen MR) is 455 cm³/mol. The quantitative estimate of drug-likeness (QED) is 0.0681. The number of carbonyl (C=O) groups excluding carboxylic acids is 12. The van der Waals surface area contributed by atoms with E-state index >= 15 is 0 Å². The van der Waals surface area contributed by atoms with Gasteiger partial charge in [-0.15, -0.1) is 0 Å². The Morgan fingerprint density at radius 1 is 0.308 bits per heavy atom. The summed E-state index contributed by atoms with van der Waals surface area (Å²) in [6, 6.07) is 1.60. The molecule has 0 aromatic heterocycles. The third-order valence-electron chi connectivity index (χ3n) is 37.0. The van der Waals surface area contributed by atoms with E-state index in [9.17, 15) is 57.5 Å². The molecule has 12 aliphatic carbocycles. The van der Waals surface area contributed by atoms with E-state index in [-0.39, 0.29) is 216 Å². The average molecular weight is 1690 g/mol. The van der Waals surface area contributed by atoms with Crippen molar-refractivity contribution >= 4 is 87.5 Å². The maximum absolute atomic E-state index is 14.9. The Morgan fingerprint density at radius 3 is 1.02 bits per heavy atom. The molecule has 6 saturated heterocycles. The minimum Gasteiger partial charge on any atom is -0.455 e. The lowest BCUT2D eigenvalue weighted by molar-refractivity contribution is -0.147. The molecule has 18 aliphatic rings. The van der Waals surface area contributed by atoms with E-state index in [1.54, 1.807) is 31.5 Å². The second-order valence-corrected chi connectivity index (χ2v) is 53.3. The standard InChI is InChI=1S/C97H146N6O15Si2/c1-7-8-47-119(3,4)118-120(5,6)48-15-46-99-83(104)53-77(90(99)108)74-51-81-87(72-20-13-10-17-69(72)74)97(115)103(94(81)112)63-36-44-67(45-37-63)117-65-40-28-59(29-41-65)58-26-38-64(39-27-58)116-66-42-34-61(35-43-66)101-85(106)55-79(92(101)110)76-52-82-88(73-21-14-11-18-70(73)76)96(114)102(93(82)111)62-32-24-57(25-33-62)49-56-22-30-60(31-23-56)100-84(105)54-78(91(100)109)75-50-80-86(95(113)98(2)89(80)107)71-19-12-9-16-68(71)75/h56-82,86-88H,7-55H2,1-6H3. The zero-order valence-electron chi connectivity index (χ0n) is 73.8. The van der Waals surface area contributed by atoms with Crippen LogP contribution in [0.25, 0.3) is 0 Å². The van der Waals surface area contributed by atoms with Crippen LogP contribution in [0.5, 0.6) is 0 Å². The number of likely N-dealkylation sites (tertiary alicyclic amines) is 6. The van der Waals surface area contributed by atoms with Crippen molar-refractivity contribution in [1.29, 1.82) is 0 Å². The number of rotatable bonds is 23. The Bertz CT molecular complexity index is 3880. The number of carbonyl (C=O) groups is 12. The molecule has 0 N–H and O–H groups in total. The maximum atomic E-state index is 14.9. The van der Waals surface area contributed by atoms with Gasteiger partial charge in [0, 0.05) is 57.0 Å². The van der Waals surface area contributed by atoms with E-state index in [0.29, 0.717) is 49.5 Å². The fourth-order valence-corrected chi connectivity index (χ4v) is 40.4. The lowest BCUT2D eigenvalue weighted by atomic mass is 9.55. The van der Waals surface area contributed by atoms with Gasteiger partial charge >= 0.3 is 0 Å². The first kappa shape index (κ1) is 85.9. The molecule has 12 saturated carbocycles. The summed E-state index contributed by atoms with van der Waals surface area (Å²) in [5.74, 6) is -0.988. The highest BCUT2D eigenvalue weighted by Gasteiger charge is 2.66. The van der Waals surface area contributed by atoms with Crippen molar-refractivity contribution < 1.29 is 71.1 Å². The van der Waals surface area contributed by atoms with E-state index in [1.807, 2.05) is 0 Å². The summed E-state index contributed by atoms with van der Waals surface area (Å²) in [4.78, 5) is 181. The molecule has 120 heavy (non-hydrogen) atoms. The number of nitrogens with zero attached hydrogens (tertiary/aromatic N) is 6. The van der Waals surface area contributed by atoms with Gasteiger partial charge in [0.25, 0.3) is 0 Å². The molecule has 662 valence electrons. The summed E-state index contributed by atoms with van der Waals surface area (Å²) >= 11 is 0. The molecule has 18 atom stereocenters. The van der Waals surface area contributed by atoms with Crippen molar-refractivity contribution in [2.24, 2.45) is 130 Å². The number of ether oxygens (including phenoxy) is 2. The second-order valence-electron chi connectivity index (χ2n) is 44.4. The molecule has 6 heterocycles. The Kier molecular flexibility index (Phi) is 25.4. The normalized spacial score (nSPS) is 43.0. The molecule has 18 unspecified atom stereocenters. The van der Waals surface area contributed by atoms with Gasteiger partial charge in [-0.3, -0.25) is 86.9 Å². The van der Waals surface area contributed by atoms with Crippen LogP contribution < -0.4 is 0 Å². The highest BCUT2D eigenvalue weighted by molar-refractivity contribution is 6.84. The number of amides is 12. The van der Waals surface area contributed by atoms with Gasteiger partial charge in [0.15, 0.2) is 16.6 Å². The lowest BCUT2D eigenvalue weighted by Gasteiger charge is -2.47. The monoisotopic (exact) mass is 1690 g/mol. The molecule has 12 amide bonds. The van der Waals surface area contributed by atoms with Crippen LogP contribution >= 0.6 is 0 Å². The minimum atomic E-state index is -1.98. The molecule has 0 bridgehead atoms. The van der Waals surface area contributed by atoms with Gasteiger partial charge in [-0.2, -0.15) is 0 Å². The van der Waals surface area contributed by atoms with Gasteiger partial charge in [0.1, 0.15) is 0 Å². The van der Waals surface area contributed by atoms with Gasteiger partial charge in [-0.1, -0.05) is 58.3 Å². The fourth-order valence-electron chi connectivity index (χ4n) is 31.4. The summed E-state index contributed by atoms with van der Waals surface area (Å²) in [5, 5.41) is 0. The largest absolute Gasteiger partial charge is 0.455 e. The summed E-state index contributed by atoms with van der Waals surface area (Å²) < 4.78 is 20.7. The topological polar surface area (TPSA) is 252 Å². The number of unbranched alkanes of at least 4 members (excludes halogenated alkanes) is 1. The van der Waals surface area contributed by atoms with Crippen molar-refractivity contribution in [3.8, 4) is 0 Å². The van der Waals surface area contributed by atoms with E-state index in [2.05, 4.69) is 33.1 Å². The maximum Gasteiger partial charge on any atom is 0.233 e. The van der Waals surface area contributed by atoms with E-state index in [1.165, 1.54) is 37.0 Å². The highest BCUT2D eigenvalue weighted by atomic mass is 28.4. The van der Waals surface area contributed by atoms with Crippen molar-refractivity contribution in [2.75, 3.05) is 13.6 Å². The SMILES string of the molecule is CCCC[Si](C)(C)O[Si](C)(C)CCCN1C(=O)CC(C2CC3C(=O)N(C4CCC(OC5CCC(C6CCC(OC7CCC(N8C(=O)CC(C9CC%10C(=O)N(C%11CCC(CC%12CCC(N%13C(=O)CC(C%14CC%15C(=O)N(C)C(=O)C%15C%15CCCCC%14%15)C%13=O)CC%12)CC%11)C(=O)C%10C%10CCCCC9%10)C8=O)CC7)CC6)CC5)CC4)C(=O)C3C3CCCCC23)C1=O. The zero-order chi connectivity index (χ0) is 83.5. The predicted octanol–water partition coefficient (Wildman–Crippen LogP) is 15.9. The van der Waals surface area contributed by atoms with Crippen LogP contribution in [-0.4, -0.2) is 179 Å². The molecule has 0 radical (unpaired) electrons. The molecule has 6 aliphatic heterocycles. The summed E-state index contributed by atoms with van der Waals surface area (Å²) in [6.45, 7) is 11.9. The van der Waals surface area contributed by atoms with Crippen LogP contribution in [0.1, 0.15) is 302 Å². The third kappa shape index (κ3) is 16.4. The van der Waals surface area contributed by atoms with E-state index < -0.39 is 46.2 Å². The van der Waals surface area contributed by atoms with Gasteiger partial charge in [-0.05, 0) is 340 Å². The first-order valence-corrected chi connectivity index (χ1v) is 56.2. The summed E-state index contributed by atoms with van der Waals surface area (Å²) in [7, 11) is -2.16. The van der Waals surface area contributed by atoms with Crippen LogP contribution in [0.15, 0.2) is 0 Å². The summed E-state index contributed by atoms with van der Waals surface area (Å²) in [5.41, 5.74) is 0. The van der Waals surface area contributed by atoms with Gasteiger partial charge in [-0.25, -0.2) is 0 Å². The molecule has 18 rings (SSSR count). The van der Waals surface area contributed by atoms with Crippen molar-refractivity contribution in [3.05, 3.63) is 0 Å². The molecule has 0 spiro atoms. The van der Waals surface area contributed by atoms with E-state index in [0.717, 1.165) is 237 Å². The first-order valence-electron chi connectivity index (χ1n) is 49.9. The van der Waals surface area contributed by atoms with Crippen molar-refractivity contribution in [3.63, 3.8) is 0 Å². The van der Waals surface area contributed by atoms with Crippen LogP contribution in [0, 0.1) is 130 Å². The first-order chi connectivity index (χ1) is 57.8. The fraction of sp³-hybridized carbons (Fsp3) is 0.876. The highest BCUT2D eigenvalue weighted by Crippen LogP contribution is 2.61. The van der Waals surface area contributed by atoms with Crippen LogP contribution in [0.2, 0.25) is 38.3 Å². The molecule has 0 aromatic carbocycles. The summed E-state index contributed by atoms with van der Waals surface area (Å²) in [6.07, 6.45) is 41.3. The van der Waals surface area contributed by atoms with E-state index in [4.69, 9.17) is 13.6 Å². The molecular weight excluding hydrogens is 1550 g/mol. The second kappa shape index (κ2) is 35.4.